The molecule has 5 rings (SSSR count). The number of rotatable bonds is 2. The van der Waals surface area contributed by atoms with Crippen LogP contribution in [-0.2, 0) is 14.1 Å². The number of nitro groups is 1. The Bertz CT molecular complexity index is 1510. The second-order valence-electron chi connectivity index (χ2n) is 7.81. The van der Waals surface area contributed by atoms with Crippen LogP contribution < -0.4 is 11.2 Å². The van der Waals surface area contributed by atoms with E-state index >= 15 is 0 Å². The molecule has 0 unspecified atom stereocenters. The van der Waals surface area contributed by atoms with Gasteiger partial charge in [0.15, 0.2) is 5.78 Å². The lowest BCUT2D eigenvalue weighted by Crippen LogP contribution is -2.43. The van der Waals surface area contributed by atoms with Crippen molar-refractivity contribution in [1.29, 1.82) is 0 Å². The fourth-order valence-corrected chi connectivity index (χ4v) is 4.61. The van der Waals surface area contributed by atoms with Gasteiger partial charge < -0.3 is 5.11 Å². The average Bonchev–Trinajstić information content (AvgIpc) is 3.07. The molecule has 2 aliphatic rings. The Morgan fingerprint density at radius 3 is 2.38 bits per heavy atom. The Morgan fingerprint density at radius 1 is 1.00 bits per heavy atom. The minimum atomic E-state index is -1.07. The zero-order chi connectivity index (χ0) is 22.9. The average molecular weight is 432 g/mol. The molecule has 0 saturated heterocycles. The number of aromatic nitrogens is 2. The van der Waals surface area contributed by atoms with Crippen LogP contribution in [0.25, 0.3) is 0 Å². The summed E-state index contributed by atoms with van der Waals surface area (Å²) < 4.78 is 2.10. The van der Waals surface area contributed by atoms with Gasteiger partial charge in [-0.05, 0) is 6.07 Å². The molecule has 0 saturated carbocycles. The topological polar surface area (TPSA) is 137 Å². The number of non-ortho nitro benzene ring substituents is 1. The van der Waals surface area contributed by atoms with Gasteiger partial charge in [-0.15, -0.1) is 0 Å². The van der Waals surface area contributed by atoms with Gasteiger partial charge in [0.25, 0.3) is 11.2 Å². The van der Waals surface area contributed by atoms with Crippen molar-refractivity contribution in [3.63, 3.8) is 0 Å². The summed E-state index contributed by atoms with van der Waals surface area (Å²) in [6, 6.07) is 10.3. The van der Waals surface area contributed by atoms with Crippen LogP contribution in [0.15, 0.2) is 57.0 Å². The van der Waals surface area contributed by atoms with Crippen LogP contribution >= 0.6 is 0 Å². The smallest absolute Gasteiger partial charge is 0.332 e. The lowest BCUT2D eigenvalue weighted by molar-refractivity contribution is -0.385. The zero-order valence-electron chi connectivity index (χ0n) is 17.0. The molecule has 1 N–H and O–H groups in total. The third-order valence-corrected chi connectivity index (χ3v) is 6.14. The maximum absolute atomic E-state index is 13.4. The number of fused-ring (bicyclic) bond motifs is 4. The third kappa shape index (κ3) is 2.46. The molecule has 1 aliphatic carbocycles. The number of carbonyl (C=O) groups excluding carboxylic acids is 1. The fraction of sp³-hybridized carbons (Fsp3) is 0.182. The van der Waals surface area contributed by atoms with Crippen LogP contribution in [0.5, 0.6) is 5.75 Å². The molecule has 1 aliphatic heterocycles. The summed E-state index contributed by atoms with van der Waals surface area (Å²) in [5.74, 6) is -2.59. The van der Waals surface area contributed by atoms with E-state index in [0.29, 0.717) is 16.8 Å². The van der Waals surface area contributed by atoms with E-state index in [0.717, 1.165) is 22.8 Å². The maximum atomic E-state index is 13.4. The first-order valence-corrected chi connectivity index (χ1v) is 9.71. The van der Waals surface area contributed by atoms with Crippen molar-refractivity contribution in [3.05, 3.63) is 95.7 Å². The van der Waals surface area contributed by atoms with E-state index in [1.54, 1.807) is 24.3 Å². The number of hydrogen-bond acceptors (Lipinski definition) is 7. The summed E-state index contributed by atoms with van der Waals surface area (Å²) in [4.78, 5) is 54.6. The number of nitro benzene ring substituents is 1. The van der Waals surface area contributed by atoms with Crippen LogP contribution in [0.3, 0.4) is 0 Å². The van der Waals surface area contributed by atoms with E-state index in [1.807, 2.05) is 0 Å². The first-order chi connectivity index (χ1) is 15.2. The number of phenolic OH excluding ortho intramolecular Hbond substituents is 1. The Labute approximate surface area is 179 Å². The highest BCUT2D eigenvalue weighted by Gasteiger charge is 2.48. The molecule has 10 nitrogen and oxygen atoms in total. The molecule has 0 amide bonds. The predicted octanol–water partition coefficient (Wildman–Crippen LogP) is 1.78. The van der Waals surface area contributed by atoms with Gasteiger partial charge in [0.2, 0.25) is 0 Å². The van der Waals surface area contributed by atoms with Crippen molar-refractivity contribution in [1.82, 2.24) is 9.13 Å². The van der Waals surface area contributed by atoms with Gasteiger partial charge in [0.05, 0.1) is 22.1 Å². The van der Waals surface area contributed by atoms with E-state index in [-0.39, 0.29) is 34.2 Å². The van der Waals surface area contributed by atoms with Crippen molar-refractivity contribution in [3.8, 4) is 5.75 Å². The van der Waals surface area contributed by atoms with Crippen LogP contribution in [-0.4, -0.2) is 30.7 Å². The number of nitrogens with zero attached hydrogens (tertiary/aromatic N) is 4. The van der Waals surface area contributed by atoms with Crippen molar-refractivity contribution >= 4 is 23.0 Å². The molecule has 32 heavy (non-hydrogen) atoms. The fourth-order valence-electron chi connectivity index (χ4n) is 4.61. The summed E-state index contributed by atoms with van der Waals surface area (Å²) in [6.45, 7) is 0. The quantitative estimate of drug-likeness (QED) is 0.484. The minimum Gasteiger partial charge on any atom is -0.508 e. The van der Waals surface area contributed by atoms with Crippen LogP contribution in [0.2, 0.25) is 0 Å². The normalized spacial score (nSPS) is 18.6. The lowest BCUT2D eigenvalue weighted by Gasteiger charge is -2.30. The number of phenols is 1. The van der Waals surface area contributed by atoms with E-state index in [9.17, 15) is 29.6 Å². The maximum Gasteiger partial charge on any atom is 0.332 e. The number of hydrogen-bond donors (Lipinski definition) is 1. The summed E-state index contributed by atoms with van der Waals surface area (Å²) in [6.07, 6.45) is 0. The van der Waals surface area contributed by atoms with Crippen molar-refractivity contribution < 1.29 is 14.8 Å². The molecule has 0 spiro atoms. The summed E-state index contributed by atoms with van der Waals surface area (Å²) in [5.41, 5.74) is -0.168. The molecular formula is C22H16N4O6. The number of aromatic hydroxyl groups is 1. The first-order valence-electron chi connectivity index (χ1n) is 9.71. The molecule has 2 atom stereocenters. The van der Waals surface area contributed by atoms with E-state index in [2.05, 4.69) is 4.99 Å². The molecule has 0 radical (unpaired) electrons. The minimum absolute atomic E-state index is 0.0281. The monoisotopic (exact) mass is 432 g/mol. The van der Waals surface area contributed by atoms with Crippen LogP contribution in [0.1, 0.15) is 33.0 Å². The van der Waals surface area contributed by atoms with Crippen molar-refractivity contribution in [2.24, 2.45) is 25.0 Å². The number of ketones is 1. The Hall–Kier alpha value is -4.34. The van der Waals surface area contributed by atoms with Gasteiger partial charge in [-0.25, -0.2) is 9.79 Å². The van der Waals surface area contributed by atoms with Gasteiger partial charge in [-0.2, -0.15) is 0 Å². The first kappa shape index (κ1) is 19.6. The number of carbonyl (C=O) groups is 1. The van der Waals surface area contributed by atoms with Crippen molar-refractivity contribution in [2.75, 3.05) is 0 Å². The lowest BCUT2D eigenvalue weighted by atomic mass is 9.76. The molecule has 0 bridgehead atoms. The number of aliphatic imine (C=N–C) groups is 1. The molecule has 1 aromatic heterocycles. The predicted molar refractivity (Wildman–Crippen MR) is 114 cm³/mol. The highest BCUT2D eigenvalue weighted by atomic mass is 16.6. The van der Waals surface area contributed by atoms with E-state index in [1.165, 1.54) is 18.7 Å². The Kier molecular flexibility index (Phi) is 4.03. The summed E-state index contributed by atoms with van der Waals surface area (Å²) in [7, 11) is 2.76. The van der Waals surface area contributed by atoms with Gasteiger partial charge in [-0.3, -0.25) is 28.8 Å². The standard InChI is InChI=1S/C22H16N4O6/c1-24-20-17(21(29)25(2)22(24)30)15(13-9-10(26(31)32)7-8-14(13)27)16-18(23-20)11-5-3-4-6-12(11)19(16)28/h3-9,15-16,27H,1-2H3/t15-,16-/m1/s1. The molecule has 3 aromatic rings. The molecule has 0 fully saturated rings. The Balaban J connectivity index is 1.92. The van der Waals surface area contributed by atoms with Crippen LogP contribution in [0.4, 0.5) is 11.5 Å². The van der Waals surface area contributed by atoms with Gasteiger partial charge >= 0.3 is 5.69 Å². The summed E-state index contributed by atoms with van der Waals surface area (Å²) >= 11 is 0. The van der Waals surface area contributed by atoms with E-state index < -0.39 is 28.0 Å². The highest BCUT2D eigenvalue weighted by molar-refractivity contribution is 6.30. The Morgan fingerprint density at radius 2 is 1.69 bits per heavy atom. The van der Waals surface area contributed by atoms with Gasteiger partial charge in [-0.1, -0.05) is 24.3 Å². The molecule has 2 aromatic carbocycles. The zero-order valence-corrected chi connectivity index (χ0v) is 17.0. The highest BCUT2D eigenvalue weighted by Crippen LogP contribution is 2.48. The van der Waals surface area contributed by atoms with Gasteiger partial charge in [0, 0.05) is 48.8 Å². The van der Waals surface area contributed by atoms with Crippen molar-refractivity contribution in [2.45, 2.75) is 5.92 Å². The molecule has 160 valence electrons. The number of Topliss-reactive ketones (excluding diaryl/α,β-unsaturated/α-hetero) is 1. The van der Waals surface area contributed by atoms with Gasteiger partial charge in [0.1, 0.15) is 11.6 Å². The molecule has 2 heterocycles. The van der Waals surface area contributed by atoms with E-state index in [4.69, 9.17) is 0 Å². The molecular weight excluding hydrogens is 416 g/mol. The largest absolute Gasteiger partial charge is 0.508 e. The SMILES string of the molecule is Cn1c2c(c(=O)n(C)c1=O)[C@H](c1cc([N+](=O)[O-])ccc1O)[C@H]1C(=O)c3ccccc3C1=N2. The second kappa shape index (κ2) is 6.58. The molecule has 10 heteroatoms. The second-order valence-corrected chi connectivity index (χ2v) is 7.81. The number of benzene rings is 2. The third-order valence-electron chi connectivity index (χ3n) is 6.14. The van der Waals surface area contributed by atoms with Crippen LogP contribution in [0, 0.1) is 16.0 Å². The summed E-state index contributed by atoms with van der Waals surface area (Å²) in [5, 5.41) is 22.1.